The van der Waals surface area contributed by atoms with Gasteiger partial charge in [-0.3, -0.25) is 0 Å². The minimum Gasteiger partial charge on any atom is -0.398 e. The van der Waals surface area contributed by atoms with E-state index in [0.717, 1.165) is 5.56 Å². The number of hydrogen-bond donors (Lipinski definition) is 2. The van der Waals surface area contributed by atoms with Gasteiger partial charge in [0, 0.05) is 16.3 Å². The number of rotatable bonds is 1. The third-order valence-corrected chi connectivity index (χ3v) is 1.83. The Morgan fingerprint density at radius 2 is 2.17 bits per heavy atom. The Bertz CT molecular complexity index is 320. The van der Waals surface area contributed by atoms with Crippen LogP contribution in [0.3, 0.4) is 0 Å². The van der Waals surface area contributed by atoms with Gasteiger partial charge < -0.3 is 11.6 Å². The maximum absolute atomic E-state index is 5.77. The summed E-state index contributed by atoms with van der Waals surface area (Å²) in [5, 5.41) is 4.17. The van der Waals surface area contributed by atoms with Crippen LogP contribution in [0.2, 0.25) is 5.02 Å². The fraction of sp³-hybridized carbons (Fsp3) is 0.125. The summed E-state index contributed by atoms with van der Waals surface area (Å²) in [5.74, 6) is 5.11. The van der Waals surface area contributed by atoms with E-state index in [0.29, 0.717) is 16.4 Å². The molecule has 0 atom stereocenters. The average molecular weight is 184 g/mol. The first-order chi connectivity index (χ1) is 5.65. The molecule has 0 aliphatic carbocycles. The van der Waals surface area contributed by atoms with Gasteiger partial charge >= 0.3 is 0 Å². The summed E-state index contributed by atoms with van der Waals surface area (Å²) in [6, 6.07) is 5.19. The normalized spacial score (nSPS) is 11.7. The third-order valence-electron chi connectivity index (χ3n) is 1.60. The van der Waals surface area contributed by atoms with E-state index in [1.807, 2.05) is 0 Å². The summed E-state index contributed by atoms with van der Waals surface area (Å²) in [6.07, 6.45) is 0. The number of benzene rings is 1. The zero-order valence-corrected chi connectivity index (χ0v) is 7.47. The van der Waals surface area contributed by atoms with E-state index >= 15 is 0 Å². The van der Waals surface area contributed by atoms with E-state index in [4.69, 9.17) is 23.2 Å². The van der Waals surface area contributed by atoms with Gasteiger partial charge in [0.25, 0.3) is 0 Å². The predicted molar refractivity (Wildman–Crippen MR) is 52.3 cm³/mol. The number of hydrazone groups is 1. The largest absolute Gasteiger partial charge is 0.398 e. The van der Waals surface area contributed by atoms with Crippen LogP contribution in [0.1, 0.15) is 12.5 Å². The fourth-order valence-electron chi connectivity index (χ4n) is 0.911. The summed E-state index contributed by atoms with van der Waals surface area (Å²) in [4.78, 5) is 0. The molecule has 0 spiro atoms. The summed E-state index contributed by atoms with van der Waals surface area (Å²) in [5.41, 5.74) is 7.76. The average Bonchev–Trinajstić information content (AvgIpc) is 2.08. The van der Waals surface area contributed by atoms with Crippen LogP contribution >= 0.6 is 11.6 Å². The van der Waals surface area contributed by atoms with Crippen LogP contribution in [0.4, 0.5) is 5.69 Å². The monoisotopic (exact) mass is 183 g/mol. The maximum atomic E-state index is 5.77. The Balaban J connectivity index is 3.23. The third kappa shape index (κ3) is 1.68. The van der Waals surface area contributed by atoms with Gasteiger partial charge in [-0.2, -0.15) is 5.10 Å². The number of anilines is 1. The standard InChI is InChI=1S/C8H10ClN3/c1-5(12-11)7-4-6(9)2-3-8(7)10/h2-4H,10-11H2,1H3/b12-5-. The van der Waals surface area contributed by atoms with Crippen LogP contribution in [0.15, 0.2) is 23.3 Å². The highest BCUT2D eigenvalue weighted by Gasteiger charge is 2.02. The fourth-order valence-corrected chi connectivity index (χ4v) is 1.08. The second-order valence-corrected chi connectivity index (χ2v) is 2.88. The molecule has 1 aromatic carbocycles. The first-order valence-corrected chi connectivity index (χ1v) is 3.83. The molecule has 0 aromatic heterocycles. The van der Waals surface area contributed by atoms with Crippen LogP contribution in [0.25, 0.3) is 0 Å². The van der Waals surface area contributed by atoms with E-state index in [2.05, 4.69) is 5.10 Å². The Morgan fingerprint density at radius 3 is 2.75 bits per heavy atom. The van der Waals surface area contributed by atoms with Gasteiger partial charge in [0.05, 0.1) is 5.71 Å². The van der Waals surface area contributed by atoms with Crippen LogP contribution in [0.5, 0.6) is 0 Å². The zero-order chi connectivity index (χ0) is 9.14. The maximum Gasteiger partial charge on any atom is 0.0663 e. The highest BCUT2D eigenvalue weighted by atomic mass is 35.5. The molecular formula is C8H10ClN3. The highest BCUT2D eigenvalue weighted by Crippen LogP contribution is 2.18. The first-order valence-electron chi connectivity index (χ1n) is 3.45. The molecule has 64 valence electrons. The van der Waals surface area contributed by atoms with E-state index < -0.39 is 0 Å². The second kappa shape index (κ2) is 3.45. The number of hydrogen-bond acceptors (Lipinski definition) is 3. The molecule has 0 aliphatic heterocycles. The Morgan fingerprint density at radius 1 is 1.50 bits per heavy atom. The van der Waals surface area contributed by atoms with Gasteiger partial charge in [-0.15, -0.1) is 0 Å². The molecule has 0 heterocycles. The number of nitrogens with zero attached hydrogens (tertiary/aromatic N) is 1. The Kier molecular flexibility index (Phi) is 2.55. The van der Waals surface area contributed by atoms with Crippen LogP contribution in [-0.2, 0) is 0 Å². The number of nitrogen functional groups attached to an aromatic ring is 1. The molecule has 0 amide bonds. The molecule has 0 radical (unpaired) electrons. The quantitative estimate of drug-likeness (QED) is 0.301. The first kappa shape index (κ1) is 8.87. The minimum absolute atomic E-state index is 0.627. The molecule has 0 unspecified atom stereocenters. The lowest BCUT2D eigenvalue weighted by atomic mass is 10.1. The molecule has 3 nitrogen and oxygen atoms in total. The molecule has 1 rings (SSSR count). The molecular weight excluding hydrogens is 174 g/mol. The van der Waals surface area contributed by atoms with Gasteiger partial charge in [0.1, 0.15) is 0 Å². The number of halogens is 1. The summed E-state index contributed by atoms with van der Waals surface area (Å²) >= 11 is 5.77. The second-order valence-electron chi connectivity index (χ2n) is 2.45. The van der Waals surface area contributed by atoms with Gasteiger partial charge in [-0.25, -0.2) is 0 Å². The summed E-state index contributed by atoms with van der Waals surface area (Å²) in [7, 11) is 0. The Hall–Kier alpha value is -1.22. The molecule has 0 aliphatic rings. The van der Waals surface area contributed by atoms with Crippen molar-refractivity contribution in [2.24, 2.45) is 10.9 Å². The Labute approximate surface area is 76.0 Å². The van der Waals surface area contributed by atoms with Crippen molar-refractivity contribution in [1.29, 1.82) is 0 Å². The lowest BCUT2D eigenvalue weighted by Gasteiger charge is -2.03. The van der Waals surface area contributed by atoms with Gasteiger partial charge in [-0.05, 0) is 25.1 Å². The minimum atomic E-state index is 0.627. The van der Waals surface area contributed by atoms with Crippen molar-refractivity contribution in [3.8, 4) is 0 Å². The van der Waals surface area contributed by atoms with Crippen molar-refractivity contribution < 1.29 is 0 Å². The predicted octanol–water partition coefficient (Wildman–Crippen LogP) is 1.60. The van der Waals surface area contributed by atoms with E-state index in [9.17, 15) is 0 Å². The summed E-state index contributed by atoms with van der Waals surface area (Å²) in [6.45, 7) is 1.78. The molecule has 0 bridgehead atoms. The lowest BCUT2D eigenvalue weighted by molar-refractivity contribution is 1.24. The zero-order valence-electron chi connectivity index (χ0n) is 6.71. The van der Waals surface area contributed by atoms with Gasteiger partial charge in [0.15, 0.2) is 0 Å². The van der Waals surface area contributed by atoms with Crippen molar-refractivity contribution in [2.75, 3.05) is 5.73 Å². The molecule has 0 saturated carbocycles. The van der Waals surface area contributed by atoms with Crippen molar-refractivity contribution in [3.63, 3.8) is 0 Å². The smallest absolute Gasteiger partial charge is 0.0663 e. The molecule has 1 aromatic rings. The molecule has 4 heteroatoms. The van der Waals surface area contributed by atoms with Gasteiger partial charge in [0.2, 0.25) is 0 Å². The van der Waals surface area contributed by atoms with Crippen molar-refractivity contribution in [2.45, 2.75) is 6.92 Å². The summed E-state index contributed by atoms with van der Waals surface area (Å²) < 4.78 is 0. The van der Waals surface area contributed by atoms with E-state index in [1.165, 1.54) is 0 Å². The molecule has 0 saturated heterocycles. The molecule has 12 heavy (non-hydrogen) atoms. The lowest BCUT2D eigenvalue weighted by Crippen LogP contribution is -2.03. The topological polar surface area (TPSA) is 64.4 Å². The van der Waals surface area contributed by atoms with Gasteiger partial charge in [-0.1, -0.05) is 11.6 Å². The highest BCUT2D eigenvalue weighted by molar-refractivity contribution is 6.31. The van der Waals surface area contributed by atoms with Crippen LogP contribution < -0.4 is 11.6 Å². The van der Waals surface area contributed by atoms with Crippen LogP contribution in [0, 0.1) is 0 Å². The van der Waals surface area contributed by atoms with Crippen molar-refractivity contribution in [1.82, 2.24) is 0 Å². The number of nitrogens with two attached hydrogens (primary N) is 2. The van der Waals surface area contributed by atoms with Crippen molar-refractivity contribution in [3.05, 3.63) is 28.8 Å². The molecule has 4 N–H and O–H groups in total. The van der Waals surface area contributed by atoms with Crippen molar-refractivity contribution >= 4 is 23.0 Å². The van der Waals surface area contributed by atoms with Crippen LogP contribution in [-0.4, -0.2) is 5.71 Å². The SMILES string of the molecule is C/C(=N/N)c1cc(Cl)ccc1N. The molecule has 0 fully saturated rings. The van der Waals surface area contributed by atoms with E-state index in [1.54, 1.807) is 25.1 Å². The van der Waals surface area contributed by atoms with E-state index in [-0.39, 0.29) is 0 Å².